The molecule has 0 unspecified atom stereocenters. The lowest BCUT2D eigenvalue weighted by Gasteiger charge is -2.17. The fourth-order valence-electron chi connectivity index (χ4n) is 3.42. The van der Waals surface area contributed by atoms with Crippen LogP contribution in [0.15, 0.2) is 6.33 Å². The topological polar surface area (TPSA) is 96.2 Å². The Morgan fingerprint density at radius 2 is 2.23 bits per heavy atom. The molecule has 0 spiro atoms. The number of aliphatic hydroxyl groups excluding tert-OH is 1. The first kappa shape index (κ1) is 16.8. The van der Waals surface area contributed by atoms with Gasteiger partial charge in [-0.15, -0.1) is 0 Å². The smallest absolute Gasteiger partial charge is 0.225 e. The quantitative estimate of drug-likeness (QED) is 0.781. The van der Waals surface area contributed by atoms with Crippen LogP contribution in [0.3, 0.4) is 0 Å². The molecule has 4 rings (SSSR count). The SMILES string of the molecule is CCn1c(C#CCO)nc2c(N[C@H]3CCN(C(=O)C4CC4)C3)ncnc21. The van der Waals surface area contributed by atoms with Crippen molar-refractivity contribution in [3.8, 4) is 11.8 Å². The third-order valence-electron chi connectivity index (χ3n) is 4.89. The number of carbonyl (C=O) groups is 1. The van der Waals surface area contributed by atoms with Crippen molar-refractivity contribution in [2.75, 3.05) is 25.0 Å². The van der Waals surface area contributed by atoms with E-state index in [2.05, 4.69) is 32.1 Å². The van der Waals surface area contributed by atoms with Gasteiger partial charge in [-0.25, -0.2) is 15.0 Å². The normalized spacial score (nSPS) is 19.5. The van der Waals surface area contributed by atoms with Crippen molar-refractivity contribution in [1.82, 2.24) is 24.4 Å². The minimum absolute atomic E-state index is 0.162. The fourth-order valence-corrected chi connectivity index (χ4v) is 3.42. The second-order valence-corrected chi connectivity index (χ2v) is 6.72. The van der Waals surface area contributed by atoms with Gasteiger partial charge in [0.05, 0.1) is 0 Å². The summed E-state index contributed by atoms with van der Waals surface area (Å²) in [6, 6.07) is 0.162. The van der Waals surface area contributed by atoms with Crippen LogP contribution in [0, 0.1) is 17.8 Å². The van der Waals surface area contributed by atoms with Crippen molar-refractivity contribution in [3.63, 3.8) is 0 Å². The van der Waals surface area contributed by atoms with E-state index in [0.29, 0.717) is 36.2 Å². The maximum Gasteiger partial charge on any atom is 0.225 e. The second kappa shape index (κ2) is 6.92. The lowest BCUT2D eigenvalue weighted by atomic mass is 10.2. The average molecular weight is 354 g/mol. The van der Waals surface area contributed by atoms with E-state index in [4.69, 9.17) is 5.11 Å². The zero-order chi connectivity index (χ0) is 18.1. The predicted octanol–water partition coefficient (Wildman–Crippen LogP) is 0.613. The first-order chi connectivity index (χ1) is 12.7. The summed E-state index contributed by atoms with van der Waals surface area (Å²) in [5.74, 6) is 7.29. The predicted molar refractivity (Wildman–Crippen MR) is 96.3 cm³/mol. The molecule has 2 N–H and O–H groups in total. The number of aromatic nitrogens is 4. The van der Waals surface area contributed by atoms with Gasteiger partial charge in [0.1, 0.15) is 12.9 Å². The van der Waals surface area contributed by atoms with Gasteiger partial charge in [0.2, 0.25) is 5.91 Å². The maximum atomic E-state index is 12.2. The van der Waals surface area contributed by atoms with Gasteiger partial charge >= 0.3 is 0 Å². The molecular weight excluding hydrogens is 332 g/mol. The monoisotopic (exact) mass is 354 g/mol. The lowest BCUT2D eigenvalue weighted by molar-refractivity contribution is -0.131. The second-order valence-electron chi connectivity index (χ2n) is 6.72. The minimum Gasteiger partial charge on any atom is -0.384 e. The molecular formula is C18H22N6O2. The Hall–Kier alpha value is -2.66. The molecule has 2 aliphatic rings. The highest BCUT2D eigenvalue weighted by Gasteiger charge is 2.36. The van der Waals surface area contributed by atoms with E-state index in [-0.39, 0.29) is 18.6 Å². The summed E-state index contributed by atoms with van der Waals surface area (Å²) < 4.78 is 1.91. The van der Waals surface area contributed by atoms with Gasteiger partial charge in [0.25, 0.3) is 0 Å². The molecule has 8 nitrogen and oxygen atoms in total. The van der Waals surface area contributed by atoms with Crippen LogP contribution in [-0.4, -0.2) is 61.2 Å². The number of hydrogen-bond acceptors (Lipinski definition) is 6. The van der Waals surface area contributed by atoms with Crippen molar-refractivity contribution in [2.24, 2.45) is 5.92 Å². The molecule has 0 aromatic carbocycles. The van der Waals surface area contributed by atoms with E-state index < -0.39 is 0 Å². The Kier molecular flexibility index (Phi) is 4.47. The molecule has 1 aliphatic carbocycles. The largest absolute Gasteiger partial charge is 0.384 e. The molecule has 1 amide bonds. The summed E-state index contributed by atoms with van der Waals surface area (Å²) in [6.07, 6.45) is 4.48. The van der Waals surface area contributed by atoms with Crippen molar-refractivity contribution < 1.29 is 9.90 Å². The number of hydrogen-bond donors (Lipinski definition) is 2. The zero-order valence-corrected chi connectivity index (χ0v) is 14.8. The molecule has 2 aromatic rings. The number of amides is 1. The first-order valence-electron chi connectivity index (χ1n) is 9.07. The Morgan fingerprint density at radius 3 is 2.96 bits per heavy atom. The molecule has 1 atom stereocenters. The van der Waals surface area contributed by atoms with Crippen LogP contribution in [0.5, 0.6) is 0 Å². The van der Waals surface area contributed by atoms with Gasteiger partial charge in [0.15, 0.2) is 22.8 Å². The summed E-state index contributed by atoms with van der Waals surface area (Å²) in [4.78, 5) is 27.4. The molecule has 8 heteroatoms. The highest BCUT2D eigenvalue weighted by atomic mass is 16.2. The van der Waals surface area contributed by atoms with Crippen LogP contribution >= 0.6 is 0 Å². The van der Waals surface area contributed by atoms with Gasteiger partial charge in [-0.1, -0.05) is 5.92 Å². The number of aryl methyl sites for hydroxylation is 1. The van der Waals surface area contributed by atoms with E-state index >= 15 is 0 Å². The lowest BCUT2D eigenvalue weighted by Crippen LogP contribution is -2.32. The molecule has 1 aliphatic heterocycles. The number of anilines is 1. The number of aliphatic hydroxyl groups is 1. The van der Waals surface area contributed by atoms with Gasteiger partial charge in [-0.3, -0.25) is 4.79 Å². The summed E-state index contributed by atoms with van der Waals surface area (Å²) in [6.45, 7) is 3.95. The van der Waals surface area contributed by atoms with Gasteiger partial charge in [-0.05, 0) is 32.1 Å². The van der Waals surface area contributed by atoms with E-state index in [1.165, 1.54) is 6.33 Å². The van der Waals surface area contributed by atoms with Crippen LogP contribution in [0.2, 0.25) is 0 Å². The summed E-state index contributed by atoms with van der Waals surface area (Å²) in [5, 5.41) is 12.4. The third-order valence-corrected chi connectivity index (χ3v) is 4.89. The number of rotatable bonds is 4. The standard InChI is InChI=1S/C18H22N6O2/c1-2-24-14(4-3-9-25)22-15-16(19-11-20-17(15)24)21-13-7-8-23(10-13)18(26)12-5-6-12/h11-13,25H,2,5-10H2,1H3,(H,19,20,21)/t13-/m0/s1. The molecule has 0 radical (unpaired) electrons. The highest BCUT2D eigenvalue weighted by Crippen LogP contribution is 2.32. The van der Waals surface area contributed by atoms with Crippen molar-refractivity contribution in [1.29, 1.82) is 0 Å². The number of nitrogens with one attached hydrogen (secondary N) is 1. The Bertz CT molecular complexity index is 892. The molecule has 1 saturated carbocycles. The summed E-state index contributed by atoms with van der Waals surface area (Å²) in [5.41, 5.74) is 1.39. The van der Waals surface area contributed by atoms with Crippen molar-refractivity contribution >= 4 is 22.9 Å². The van der Waals surface area contributed by atoms with E-state index in [1.54, 1.807) is 0 Å². The Balaban J connectivity index is 1.57. The molecule has 0 bridgehead atoms. The Morgan fingerprint density at radius 1 is 1.38 bits per heavy atom. The van der Waals surface area contributed by atoms with E-state index in [1.807, 2.05) is 16.4 Å². The molecule has 3 heterocycles. The molecule has 26 heavy (non-hydrogen) atoms. The van der Waals surface area contributed by atoms with Crippen molar-refractivity contribution in [2.45, 2.75) is 38.8 Å². The summed E-state index contributed by atoms with van der Waals surface area (Å²) in [7, 11) is 0. The van der Waals surface area contributed by atoms with Crippen LogP contribution in [0.4, 0.5) is 5.82 Å². The molecule has 1 saturated heterocycles. The van der Waals surface area contributed by atoms with Gasteiger partial charge < -0.3 is 19.9 Å². The number of fused-ring (bicyclic) bond motifs is 1. The van der Waals surface area contributed by atoms with Crippen LogP contribution in [-0.2, 0) is 11.3 Å². The molecule has 2 aromatic heterocycles. The first-order valence-corrected chi connectivity index (χ1v) is 9.07. The van der Waals surface area contributed by atoms with Crippen LogP contribution < -0.4 is 5.32 Å². The Labute approximate surface area is 151 Å². The van der Waals surface area contributed by atoms with Gasteiger partial charge in [0, 0.05) is 31.6 Å². The average Bonchev–Trinajstić information content (AvgIpc) is 3.29. The zero-order valence-electron chi connectivity index (χ0n) is 14.8. The summed E-state index contributed by atoms with van der Waals surface area (Å²) >= 11 is 0. The molecule has 2 fully saturated rings. The van der Waals surface area contributed by atoms with E-state index in [0.717, 1.165) is 31.5 Å². The maximum absolute atomic E-state index is 12.2. The minimum atomic E-state index is -0.212. The molecule has 136 valence electrons. The van der Waals surface area contributed by atoms with Crippen LogP contribution in [0.25, 0.3) is 11.2 Å². The number of likely N-dealkylation sites (tertiary alicyclic amines) is 1. The highest BCUT2D eigenvalue weighted by molar-refractivity contribution is 5.84. The third kappa shape index (κ3) is 3.10. The fraction of sp³-hybridized carbons (Fsp3) is 0.556. The number of nitrogens with zero attached hydrogens (tertiary/aromatic N) is 5. The van der Waals surface area contributed by atoms with Crippen LogP contribution in [0.1, 0.15) is 32.0 Å². The number of imidazole rings is 1. The van der Waals surface area contributed by atoms with Gasteiger partial charge in [-0.2, -0.15) is 0 Å². The number of carbonyl (C=O) groups excluding carboxylic acids is 1. The van der Waals surface area contributed by atoms with E-state index in [9.17, 15) is 4.79 Å². The van der Waals surface area contributed by atoms with Crippen molar-refractivity contribution in [3.05, 3.63) is 12.2 Å².